The van der Waals surface area contributed by atoms with Crippen molar-refractivity contribution in [1.82, 2.24) is 5.32 Å². The molecule has 3 rings (SSSR count). The summed E-state index contributed by atoms with van der Waals surface area (Å²) < 4.78 is 6.16. The summed E-state index contributed by atoms with van der Waals surface area (Å²) >= 11 is 7.57. The number of nitrogens with one attached hydrogen (secondary N) is 1. The summed E-state index contributed by atoms with van der Waals surface area (Å²) in [7, 11) is 0. The predicted octanol–water partition coefficient (Wildman–Crippen LogP) is 4.64. The van der Waals surface area contributed by atoms with E-state index in [-0.39, 0.29) is 19.1 Å². The normalized spacial score (nSPS) is 10.7. The van der Waals surface area contributed by atoms with E-state index in [2.05, 4.69) is 11.4 Å². The number of benzene rings is 2. The van der Waals surface area contributed by atoms with Gasteiger partial charge in [-0.05, 0) is 25.5 Å². The number of carbonyl (C=O) groups is 2. The van der Waals surface area contributed by atoms with Gasteiger partial charge >= 0.3 is 5.97 Å². The number of esters is 1. The first-order valence-corrected chi connectivity index (χ1v) is 9.31. The minimum absolute atomic E-state index is 0.181. The lowest BCUT2D eigenvalue weighted by molar-refractivity contribution is -0.143. The highest BCUT2D eigenvalue weighted by molar-refractivity contribution is 7.21. The molecule has 0 fully saturated rings. The summed E-state index contributed by atoms with van der Waals surface area (Å²) in [4.78, 5) is 24.6. The van der Waals surface area contributed by atoms with Crippen LogP contribution in [0.25, 0.3) is 10.1 Å². The molecule has 134 valence electrons. The number of thiophene rings is 1. The van der Waals surface area contributed by atoms with Crippen molar-refractivity contribution in [1.29, 1.82) is 0 Å². The van der Waals surface area contributed by atoms with Gasteiger partial charge in [0, 0.05) is 10.1 Å². The Kier molecular flexibility index (Phi) is 5.59. The number of ether oxygens (including phenoxy) is 1. The second-order valence-electron chi connectivity index (χ2n) is 6.08. The third-order valence-corrected chi connectivity index (χ3v) is 5.49. The van der Waals surface area contributed by atoms with Gasteiger partial charge in [-0.25, -0.2) is 0 Å². The van der Waals surface area contributed by atoms with Gasteiger partial charge < -0.3 is 10.1 Å². The Morgan fingerprint density at radius 3 is 2.50 bits per heavy atom. The van der Waals surface area contributed by atoms with Gasteiger partial charge in [-0.1, -0.05) is 59.1 Å². The Morgan fingerprint density at radius 1 is 1.12 bits per heavy atom. The van der Waals surface area contributed by atoms with E-state index < -0.39 is 5.97 Å². The second-order valence-corrected chi connectivity index (χ2v) is 7.51. The van der Waals surface area contributed by atoms with E-state index in [1.165, 1.54) is 11.3 Å². The van der Waals surface area contributed by atoms with E-state index in [0.717, 1.165) is 26.8 Å². The van der Waals surface area contributed by atoms with Crippen LogP contribution in [0.3, 0.4) is 0 Å². The molecule has 0 aliphatic carbocycles. The van der Waals surface area contributed by atoms with Crippen molar-refractivity contribution < 1.29 is 14.3 Å². The molecule has 0 unspecified atom stereocenters. The molecule has 2 aromatic carbocycles. The molecule has 0 saturated carbocycles. The first-order chi connectivity index (χ1) is 12.4. The first kappa shape index (κ1) is 18.4. The molecule has 0 bridgehead atoms. The van der Waals surface area contributed by atoms with E-state index in [1.807, 2.05) is 50.2 Å². The van der Waals surface area contributed by atoms with Crippen LogP contribution in [0.5, 0.6) is 0 Å². The highest BCUT2D eigenvalue weighted by atomic mass is 35.5. The van der Waals surface area contributed by atoms with Crippen LogP contribution in [0.4, 0.5) is 0 Å². The molecule has 0 atom stereocenters. The summed E-state index contributed by atoms with van der Waals surface area (Å²) in [5.41, 5.74) is 3.15. The first-order valence-electron chi connectivity index (χ1n) is 8.12. The van der Waals surface area contributed by atoms with Gasteiger partial charge in [0.1, 0.15) is 18.0 Å². The van der Waals surface area contributed by atoms with Crippen molar-refractivity contribution in [3.8, 4) is 0 Å². The van der Waals surface area contributed by atoms with E-state index in [4.69, 9.17) is 16.3 Å². The highest BCUT2D eigenvalue weighted by Gasteiger charge is 2.17. The average molecular weight is 388 g/mol. The zero-order valence-corrected chi connectivity index (χ0v) is 16.0. The minimum atomic E-state index is -0.491. The van der Waals surface area contributed by atoms with Crippen LogP contribution in [-0.4, -0.2) is 18.4 Å². The number of halogens is 1. The Morgan fingerprint density at radius 2 is 1.81 bits per heavy atom. The Labute approximate surface area is 160 Å². The molecule has 0 aliphatic heterocycles. The van der Waals surface area contributed by atoms with Gasteiger partial charge in [0.15, 0.2) is 0 Å². The van der Waals surface area contributed by atoms with Crippen molar-refractivity contribution >= 4 is 44.9 Å². The van der Waals surface area contributed by atoms with Crippen molar-refractivity contribution in [2.45, 2.75) is 20.5 Å². The third-order valence-electron chi connectivity index (χ3n) is 3.82. The fourth-order valence-electron chi connectivity index (χ4n) is 2.76. The SMILES string of the molecule is Cc1cc(C)cc(COC(=O)CNC(=O)c2sc3ccccc3c2Cl)c1. The number of hydrogen-bond donors (Lipinski definition) is 1. The van der Waals surface area contributed by atoms with Crippen LogP contribution in [0, 0.1) is 13.8 Å². The fraction of sp³-hybridized carbons (Fsp3) is 0.200. The monoisotopic (exact) mass is 387 g/mol. The number of aryl methyl sites for hydroxylation is 2. The van der Waals surface area contributed by atoms with Gasteiger partial charge in [0.25, 0.3) is 5.91 Å². The molecule has 0 radical (unpaired) electrons. The maximum absolute atomic E-state index is 12.3. The van der Waals surface area contributed by atoms with Gasteiger partial charge in [-0.2, -0.15) is 0 Å². The average Bonchev–Trinajstić information content (AvgIpc) is 2.94. The van der Waals surface area contributed by atoms with Crippen molar-refractivity contribution in [2.24, 2.45) is 0 Å². The van der Waals surface area contributed by atoms with Crippen LogP contribution in [0.2, 0.25) is 5.02 Å². The molecule has 0 saturated heterocycles. The van der Waals surface area contributed by atoms with Crippen LogP contribution in [-0.2, 0) is 16.1 Å². The van der Waals surface area contributed by atoms with Crippen molar-refractivity contribution in [3.05, 3.63) is 69.1 Å². The zero-order chi connectivity index (χ0) is 18.7. The number of fused-ring (bicyclic) bond motifs is 1. The van der Waals surface area contributed by atoms with Gasteiger partial charge in [-0.3, -0.25) is 9.59 Å². The van der Waals surface area contributed by atoms with Gasteiger partial charge in [0.05, 0.1) is 5.02 Å². The molecular weight excluding hydrogens is 370 g/mol. The number of amides is 1. The number of rotatable bonds is 5. The van der Waals surface area contributed by atoms with Crippen LogP contribution < -0.4 is 5.32 Å². The summed E-state index contributed by atoms with van der Waals surface area (Å²) in [5.74, 6) is -0.866. The maximum atomic E-state index is 12.3. The lowest BCUT2D eigenvalue weighted by atomic mass is 10.1. The van der Waals surface area contributed by atoms with Crippen LogP contribution >= 0.6 is 22.9 Å². The molecule has 3 aromatic rings. The predicted molar refractivity (Wildman–Crippen MR) is 105 cm³/mol. The lowest BCUT2D eigenvalue weighted by Crippen LogP contribution is -2.30. The summed E-state index contributed by atoms with van der Waals surface area (Å²) in [6.45, 7) is 3.97. The quantitative estimate of drug-likeness (QED) is 0.648. The molecule has 1 N–H and O–H groups in total. The topological polar surface area (TPSA) is 55.4 Å². The summed E-state index contributed by atoms with van der Waals surface area (Å²) in [5, 5.41) is 3.82. The molecule has 4 nitrogen and oxygen atoms in total. The second kappa shape index (κ2) is 7.89. The molecule has 26 heavy (non-hydrogen) atoms. The highest BCUT2D eigenvalue weighted by Crippen LogP contribution is 2.34. The van der Waals surface area contributed by atoms with E-state index in [9.17, 15) is 9.59 Å². The third kappa shape index (κ3) is 4.23. The zero-order valence-electron chi connectivity index (χ0n) is 14.5. The molecule has 0 spiro atoms. The minimum Gasteiger partial charge on any atom is -0.460 e. The van der Waals surface area contributed by atoms with Gasteiger partial charge in [0.2, 0.25) is 0 Å². The Hall–Kier alpha value is -2.37. The molecule has 1 heterocycles. The Bertz CT molecular complexity index is 960. The molecule has 0 aliphatic rings. The van der Waals surface area contributed by atoms with E-state index >= 15 is 0 Å². The van der Waals surface area contributed by atoms with Crippen LogP contribution in [0.1, 0.15) is 26.4 Å². The molecule has 1 amide bonds. The number of carbonyl (C=O) groups excluding carboxylic acids is 2. The van der Waals surface area contributed by atoms with E-state index in [1.54, 1.807) is 0 Å². The Balaban J connectivity index is 1.56. The largest absolute Gasteiger partial charge is 0.460 e. The lowest BCUT2D eigenvalue weighted by Gasteiger charge is -2.08. The molecule has 6 heteroatoms. The van der Waals surface area contributed by atoms with E-state index in [0.29, 0.717) is 9.90 Å². The maximum Gasteiger partial charge on any atom is 0.325 e. The fourth-order valence-corrected chi connectivity index (χ4v) is 4.19. The smallest absolute Gasteiger partial charge is 0.325 e. The van der Waals surface area contributed by atoms with Crippen molar-refractivity contribution in [3.63, 3.8) is 0 Å². The molecular formula is C20H18ClNO3S. The number of hydrogen-bond acceptors (Lipinski definition) is 4. The van der Waals surface area contributed by atoms with Crippen molar-refractivity contribution in [2.75, 3.05) is 6.54 Å². The summed E-state index contributed by atoms with van der Waals surface area (Å²) in [6.07, 6.45) is 0. The standard InChI is InChI=1S/C20H18ClNO3S/c1-12-7-13(2)9-14(8-12)11-25-17(23)10-22-20(24)19-18(21)15-5-3-4-6-16(15)26-19/h3-9H,10-11H2,1-2H3,(H,22,24). The summed E-state index contributed by atoms with van der Waals surface area (Å²) in [6, 6.07) is 13.5. The molecule has 1 aromatic heterocycles. The van der Waals surface area contributed by atoms with Gasteiger partial charge in [-0.15, -0.1) is 11.3 Å². The van der Waals surface area contributed by atoms with Crippen LogP contribution in [0.15, 0.2) is 42.5 Å².